The first kappa shape index (κ1) is 9.10. The highest BCUT2D eigenvalue weighted by Gasteiger charge is 2.24. The molecule has 2 N–H and O–H groups in total. The Morgan fingerprint density at radius 1 is 1.33 bits per heavy atom. The lowest BCUT2D eigenvalue weighted by atomic mass is 10.1. The quantitative estimate of drug-likeness (QED) is 0.614. The SMILES string of the molecule is N#Cc1c(N)c(C#N)c(=O)n2c1OCC2. The average Bonchev–Trinajstić information content (AvgIpc) is 2.68. The summed E-state index contributed by atoms with van der Waals surface area (Å²) in [5.74, 6) is 0.166. The van der Waals surface area contributed by atoms with Crippen LogP contribution < -0.4 is 16.0 Å². The van der Waals surface area contributed by atoms with Gasteiger partial charge >= 0.3 is 0 Å². The van der Waals surface area contributed by atoms with E-state index in [2.05, 4.69) is 0 Å². The van der Waals surface area contributed by atoms with Crippen molar-refractivity contribution in [1.82, 2.24) is 4.57 Å². The van der Waals surface area contributed by atoms with Crippen molar-refractivity contribution in [2.24, 2.45) is 0 Å². The standard InChI is InChI=1S/C9H6N4O2/c10-3-5-7(12)6(4-11)9-13(8(5)14)1-2-15-9/h1-2,12H2. The van der Waals surface area contributed by atoms with Gasteiger partial charge in [-0.2, -0.15) is 10.5 Å². The zero-order valence-electron chi connectivity index (χ0n) is 7.65. The third-order valence-corrected chi connectivity index (χ3v) is 2.23. The Labute approximate surface area is 84.7 Å². The van der Waals surface area contributed by atoms with Crippen LogP contribution in [-0.4, -0.2) is 11.2 Å². The van der Waals surface area contributed by atoms with Crippen LogP contribution in [0, 0.1) is 22.7 Å². The highest BCUT2D eigenvalue weighted by molar-refractivity contribution is 5.66. The summed E-state index contributed by atoms with van der Waals surface area (Å²) < 4.78 is 6.39. The molecule has 0 fully saturated rings. The van der Waals surface area contributed by atoms with Gasteiger partial charge in [0.05, 0.1) is 12.2 Å². The van der Waals surface area contributed by atoms with Gasteiger partial charge in [0.2, 0.25) is 5.88 Å². The van der Waals surface area contributed by atoms with Gasteiger partial charge in [0.15, 0.2) is 0 Å². The number of rotatable bonds is 0. The second kappa shape index (κ2) is 3.03. The summed E-state index contributed by atoms with van der Waals surface area (Å²) in [7, 11) is 0. The number of hydrogen-bond donors (Lipinski definition) is 1. The minimum Gasteiger partial charge on any atom is -0.476 e. The van der Waals surface area contributed by atoms with Gasteiger partial charge in [-0.1, -0.05) is 0 Å². The summed E-state index contributed by atoms with van der Waals surface area (Å²) in [5.41, 5.74) is 4.81. The Bertz CT molecular complexity index is 570. The number of nitrogen functional groups attached to an aromatic ring is 1. The summed E-state index contributed by atoms with van der Waals surface area (Å²) >= 11 is 0. The number of aromatic nitrogens is 1. The fraction of sp³-hybridized carbons (Fsp3) is 0.222. The van der Waals surface area contributed by atoms with Crippen LogP contribution in [0.2, 0.25) is 0 Å². The van der Waals surface area contributed by atoms with Crippen LogP contribution in [0.3, 0.4) is 0 Å². The second-order valence-corrected chi connectivity index (χ2v) is 3.00. The lowest BCUT2D eigenvalue weighted by Crippen LogP contribution is -2.23. The Kier molecular flexibility index (Phi) is 1.84. The molecule has 0 radical (unpaired) electrons. The van der Waals surface area contributed by atoms with Gasteiger partial charge in [0, 0.05) is 0 Å². The number of nitrogens with two attached hydrogens (primary N) is 1. The predicted molar refractivity (Wildman–Crippen MR) is 50.0 cm³/mol. The third-order valence-electron chi connectivity index (χ3n) is 2.23. The van der Waals surface area contributed by atoms with Crippen molar-refractivity contribution in [3.05, 3.63) is 21.5 Å². The van der Waals surface area contributed by atoms with Gasteiger partial charge in [0.1, 0.15) is 29.9 Å². The number of pyridine rings is 1. The van der Waals surface area contributed by atoms with E-state index in [1.54, 1.807) is 6.07 Å². The molecule has 0 bridgehead atoms. The maximum absolute atomic E-state index is 11.7. The minimum atomic E-state index is -0.499. The first-order valence-corrected chi connectivity index (χ1v) is 4.20. The van der Waals surface area contributed by atoms with Gasteiger partial charge in [-0.05, 0) is 0 Å². The monoisotopic (exact) mass is 202 g/mol. The highest BCUT2D eigenvalue weighted by atomic mass is 16.5. The molecule has 6 heteroatoms. The van der Waals surface area contributed by atoms with E-state index in [-0.39, 0.29) is 22.7 Å². The Balaban J connectivity index is 2.93. The van der Waals surface area contributed by atoms with Crippen molar-refractivity contribution in [3.63, 3.8) is 0 Å². The first-order valence-electron chi connectivity index (χ1n) is 4.20. The summed E-state index contributed by atoms with van der Waals surface area (Å²) in [4.78, 5) is 11.7. The largest absolute Gasteiger partial charge is 0.476 e. The molecule has 1 aromatic rings. The first-order chi connectivity index (χ1) is 7.20. The molecule has 2 rings (SSSR count). The van der Waals surface area contributed by atoms with Gasteiger partial charge in [0.25, 0.3) is 5.56 Å². The summed E-state index contributed by atoms with van der Waals surface area (Å²) in [6, 6.07) is 3.54. The van der Waals surface area contributed by atoms with Crippen LogP contribution in [0.5, 0.6) is 5.88 Å². The molecule has 6 nitrogen and oxygen atoms in total. The number of hydrogen-bond acceptors (Lipinski definition) is 5. The number of fused-ring (bicyclic) bond motifs is 1. The van der Waals surface area contributed by atoms with E-state index in [1.807, 2.05) is 6.07 Å². The molecule has 0 amide bonds. The molecule has 1 aromatic heterocycles. The molecule has 0 spiro atoms. The van der Waals surface area contributed by atoms with Crippen molar-refractivity contribution in [3.8, 4) is 18.0 Å². The Hall–Kier alpha value is -2.47. The molecule has 0 unspecified atom stereocenters. The van der Waals surface area contributed by atoms with Crippen LogP contribution in [-0.2, 0) is 6.54 Å². The van der Waals surface area contributed by atoms with Gasteiger partial charge in [-0.3, -0.25) is 9.36 Å². The van der Waals surface area contributed by atoms with Crippen LogP contribution in [0.25, 0.3) is 0 Å². The highest BCUT2D eigenvalue weighted by Crippen LogP contribution is 2.26. The third kappa shape index (κ3) is 1.05. The van der Waals surface area contributed by atoms with Crippen LogP contribution >= 0.6 is 0 Å². The molecular weight excluding hydrogens is 196 g/mol. The molecular formula is C9H6N4O2. The van der Waals surface area contributed by atoms with Gasteiger partial charge in [-0.25, -0.2) is 0 Å². The maximum atomic E-state index is 11.7. The minimum absolute atomic E-state index is 0.0589. The molecule has 0 aliphatic carbocycles. The Morgan fingerprint density at radius 2 is 2.00 bits per heavy atom. The van der Waals surface area contributed by atoms with Crippen LogP contribution in [0.4, 0.5) is 5.69 Å². The smallest absolute Gasteiger partial charge is 0.273 e. The molecule has 2 heterocycles. The lowest BCUT2D eigenvalue weighted by molar-refractivity contribution is 0.356. The molecule has 74 valence electrons. The normalized spacial score (nSPS) is 12.4. The van der Waals surface area contributed by atoms with Crippen molar-refractivity contribution >= 4 is 5.69 Å². The zero-order valence-corrected chi connectivity index (χ0v) is 7.65. The molecule has 1 aliphatic rings. The Morgan fingerprint density at radius 3 is 2.60 bits per heavy atom. The lowest BCUT2D eigenvalue weighted by Gasteiger charge is -2.06. The van der Waals surface area contributed by atoms with Crippen LogP contribution in [0.1, 0.15) is 11.1 Å². The van der Waals surface area contributed by atoms with E-state index in [1.165, 1.54) is 4.57 Å². The van der Waals surface area contributed by atoms with Gasteiger partial charge in [-0.15, -0.1) is 0 Å². The fourth-order valence-electron chi connectivity index (χ4n) is 1.52. The van der Waals surface area contributed by atoms with E-state index < -0.39 is 5.56 Å². The summed E-state index contributed by atoms with van der Waals surface area (Å²) in [6.07, 6.45) is 0. The number of nitrogens with zero attached hydrogens (tertiary/aromatic N) is 3. The molecule has 1 aliphatic heterocycles. The second-order valence-electron chi connectivity index (χ2n) is 3.00. The number of ether oxygens (including phenoxy) is 1. The number of anilines is 1. The molecule has 0 saturated heterocycles. The van der Waals surface area contributed by atoms with Crippen molar-refractivity contribution in [2.45, 2.75) is 6.54 Å². The van der Waals surface area contributed by atoms with E-state index >= 15 is 0 Å². The number of nitriles is 2. The fourth-order valence-corrected chi connectivity index (χ4v) is 1.52. The van der Waals surface area contributed by atoms with Crippen molar-refractivity contribution < 1.29 is 4.74 Å². The summed E-state index contributed by atoms with van der Waals surface area (Å²) in [5, 5.41) is 17.6. The van der Waals surface area contributed by atoms with Crippen molar-refractivity contribution in [1.29, 1.82) is 10.5 Å². The maximum Gasteiger partial charge on any atom is 0.273 e. The van der Waals surface area contributed by atoms with E-state index in [4.69, 9.17) is 21.0 Å². The van der Waals surface area contributed by atoms with Gasteiger partial charge < -0.3 is 10.5 Å². The van der Waals surface area contributed by atoms with E-state index in [0.717, 1.165) is 0 Å². The topological polar surface area (TPSA) is 105 Å². The zero-order chi connectivity index (χ0) is 11.0. The molecule has 0 aromatic carbocycles. The van der Waals surface area contributed by atoms with Crippen LogP contribution in [0.15, 0.2) is 4.79 Å². The molecule has 0 atom stereocenters. The molecule has 0 saturated carbocycles. The summed E-state index contributed by atoms with van der Waals surface area (Å²) in [6.45, 7) is 0.663. The van der Waals surface area contributed by atoms with E-state index in [9.17, 15) is 4.79 Å². The molecule has 15 heavy (non-hydrogen) atoms. The predicted octanol–water partition coefficient (Wildman–Crippen LogP) is -0.434. The van der Waals surface area contributed by atoms with Crippen molar-refractivity contribution in [2.75, 3.05) is 12.3 Å². The van der Waals surface area contributed by atoms with E-state index in [0.29, 0.717) is 13.2 Å². The average molecular weight is 202 g/mol.